The summed E-state index contributed by atoms with van der Waals surface area (Å²) in [5.41, 5.74) is 1.91. The molecule has 2 amide bonds. The van der Waals surface area contributed by atoms with E-state index in [4.69, 9.17) is 9.72 Å². The summed E-state index contributed by atoms with van der Waals surface area (Å²) < 4.78 is 7.40. The van der Waals surface area contributed by atoms with Crippen molar-refractivity contribution in [3.63, 3.8) is 0 Å². The van der Waals surface area contributed by atoms with Crippen molar-refractivity contribution < 1.29 is 14.3 Å². The number of amides is 2. The first-order chi connectivity index (χ1) is 17.5. The van der Waals surface area contributed by atoms with Gasteiger partial charge in [0, 0.05) is 6.54 Å². The van der Waals surface area contributed by atoms with Gasteiger partial charge >= 0.3 is 0 Å². The molecule has 0 bridgehead atoms. The molecule has 36 heavy (non-hydrogen) atoms. The maximum atomic E-state index is 13.7. The molecule has 0 fully saturated rings. The molecule has 2 heterocycles. The number of carbonyl (C=O) groups excluding carboxylic acids is 2. The topological polar surface area (TPSA) is 81.5 Å². The summed E-state index contributed by atoms with van der Waals surface area (Å²) in [6.07, 6.45) is 1.09. The molecule has 0 aliphatic carbocycles. The summed E-state index contributed by atoms with van der Waals surface area (Å²) in [6, 6.07) is 21.5. The number of halogens is 1. The first kappa shape index (κ1) is 23.9. The van der Waals surface area contributed by atoms with E-state index in [0.717, 1.165) is 0 Å². The Kier molecular flexibility index (Phi) is 6.69. The number of hydrogen-bond acceptors (Lipinski definition) is 5. The van der Waals surface area contributed by atoms with Gasteiger partial charge in [0.25, 0.3) is 17.4 Å². The number of nitrogens with zero attached hydrogens (tertiary/aromatic N) is 3. The zero-order valence-electron chi connectivity index (χ0n) is 19.7. The first-order valence-electron chi connectivity index (χ1n) is 11.8. The van der Waals surface area contributed by atoms with Gasteiger partial charge in [-0.1, -0.05) is 52.3 Å². The van der Waals surface area contributed by atoms with Crippen molar-refractivity contribution in [1.82, 2.24) is 14.5 Å². The van der Waals surface area contributed by atoms with Crippen LogP contribution in [0.25, 0.3) is 16.6 Å². The Morgan fingerprint density at radius 1 is 0.889 bits per heavy atom. The Morgan fingerprint density at radius 2 is 1.53 bits per heavy atom. The predicted molar refractivity (Wildman–Crippen MR) is 141 cm³/mol. The van der Waals surface area contributed by atoms with Crippen LogP contribution in [0.1, 0.15) is 51.1 Å². The lowest BCUT2D eigenvalue weighted by atomic mass is 10.1. The summed E-state index contributed by atoms with van der Waals surface area (Å²) in [5.74, 6) is 0.584. The molecule has 8 heteroatoms. The third kappa shape index (κ3) is 4.22. The molecule has 0 saturated heterocycles. The summed E-state index contributed by atoms with van der Waals surface area (Å²) in [4.78, 5) is 44.9. The summed E-state index contributed by atoms with van der Waals surface area (Å²) >= 11 is 3.73. The van der Waals surface area contributed by atoms with Crippen molar-refractivity contribution in [2.75, 3.05) is 13.2 Å². The lowest BCUT2D eigenvalue weighted by Gasteiger charge is -2.20. The molecule has 7 nitrogen and oxygen atoms in total. The molecule has 1 aliphatic rings. The number of rotatable bonds is 8. The Labute approximate surface area is 216 Å². The van der Waals surface area contributed by atoms with Crippen LogP contribution < -0.4 is 10.3 Å². The molecule has 1 aliphatic heterocycles. The second-order valence-corrected chi connectivity index (χ2v) is 9.55. The molecule has 0 spiro atoms. The van der Waals surface area contributed by atoms with Crippen LogP contribution in [-0.4, -0.2) is 39.4 Å². The second-order valence-electron chi connectivity index (χ2n) is 8.45. The van der Waals surface area contributed by atoms with E-state index in [2.05, 4.69) is 15.9 Å². The second kappa shape index (κ2) is 10.1. The van der Waals surface area contributed by atoms with Crippen molar-refractivity contribution in [1.29, 1.82) is 0 Å². The molecule has 3 aromatic carbocycles. The van der Waals surface area contributed by atoms with Crippen molar-refractivity contribution in [3.8, 4) is 11.4 Å². The Morgan fingerprint density at radius 3 is 2.25 bits per heavy atom. The van der Waals surface area contributed by atoms with E-state index in [1.54, 1.807) is 34.9 Å². The molecule has 182 valence electrons. The number of alkyl halides is 1. The maximum absolute atomic E-state index is 13.7. The third-order valence-corrected chi connectivity index (χ3v) is 7.07. The molecule has 1 atom stereocenters. The van der Waals surface area contributed by atoms with Gasteiger partial charge in [0.15, 0.2) is 0 Å². The van der Waals surface area contributed by atoms with E-state index in [1.807, 2.05) is 49.4 Å². The monoisotopic (exact) mass is 545 g/mol. The summed E-state index contributed by atoms with van der Waals surface area (Å²) in [5, 5.41) is 0.512. The predicted octanol–water partition coefficient (Wildman–Crippen LogP) is 5.30. The number of para-hydroxylation sites is 3. The van der Waals surface area contributed by atoms with Gasteiger partial charge in [-0.2, -0.15) is 0 Å². The van der Waals surface area contributed by atoms with E-state index in [0.29, 0.717) is 58.7 Å². The summed E-state index contributed by atoms with van der Waals surface area (Å²) in [7, 11) is 0. The fourth-order valence-electron chi connectivity index (χ4n) is 4.51. The SMILES string of the molecule is CCOc1ccccc1-n1c(C(Br)CCCN2C(=O)c3ccccc3C2=O)nc2ccccc2c1=O. The van der Waals surface area contributed by atoms with E-state index >= 15 is 0 Å². The highest BCUT2D eigenvalue weighted by Crippen LogP contribution is 2.32. The smallest absolute Gasteiger partial charge is 0.266 e. The number of ether oxygens (including phenoxy) is 1. The van der Waals surface area contributed by atoms with Crippen molar-refractivity contribution in [2.45, 2.75) is 24.6 Å². The zero-order valence-corrected chi connectivity index (χ0v) is 21.3. The standard InChI is InChI=1S/C28H24BrN3O4/c1-2-36-24-16-8-7-15-23(24)32-25(30-22-14-6-5-12-20(22)28(32)35)21(29)13-9-17-31-26(33)18-10-3-4-11-19(18)27(31)34/h3-8,10-12,14-16,21H,2,9,13,17H2,1H3. The van der Waals surface area contributed by atoms with Crippen LogP contribution in [0, 0.1) is 0 Å². The number of aromatic nitrogens is 2. The fourth-order valence-corrected chi connectivity index (χ4v) is 5.14. The molecule has 0 radical (unpaired) electrons. The van der Waals surface area contributed by atoms with Gasteiger partial charge in [0.1, 0.15) is 11.6 Å². The van der Waals surface area contributed by atoms with Gasteiger partial charge in [0.2, 0.25) is 0 Å². The average Bonchev–Trinajstić information content (AvgIpc) is 3.14. The fraction of sp³-hybridized carbons (Fsp3) is 0.214. The highest BCUT2D eigenvalue weighted by molar-refractivity contribution is 9.09. The molecule has 4 aromatic rings. The molecule has 1 unspecified atom stereocenters. The molecule has 5 rings (SSSR count). The van der Waals surface area contributed by atoms with Crippen molar-refractivity contribution in [3.05, 3.63) is 100 Å². The average molecular weight is 546 g/mol. The van der Waals surface area contributed by atoms with Gasteiger partial charge in [-0.05, 0) is 56.2 Å². The Hall–Kier alpha value is -3.78. The number of hydrogen-bond donors (Lipinski definition) is 0. The Balaban J connectivity index is 1.45. The third-order valence-electron chi connectivity index (χ3n) is 6.21. The molecule has 0 N–H and O–H groups in total. The van der Waals surface area contributed by atoms with E-state index in [-0.39, 0.29) is 28.7 Å². The van der Waals surface area contributed by atoms with E-state index in [9.17, 15) is 14.4 Å². The van der Waals surface area contributed by atoms with Crippen LogP contribution in [0.2, 0.25) is 0 Å². The minimum absolute atomic E-state index is 0.187. The largest absolute Gasteiger partial charge is 0.492 e. The maximum Gasteiger partial charge on any atom is 0.266 e. The summed E-state index contributed by atoms with van der Waals surface area (Å²) in [6.45, 7) is 2.63. The van der Waals surface area contributed by atoms with Crippen LogP contribution >= 0.6 is 15.9 Å². The van der Waals surface area contributed by atoms with Crippen molar-refractivity contribution >= 4 is 38.6 Å². The molecule has 1 aromatic heterocycles. The van der Waals surface area contributed by atoms with E-state index in [1.165, 1.54) is 4.90 Å². The minimum atomic E-state index is -0.306. The van der Waals surface area contributed by atoms with Crippen LogP contribution in [0.5, 0.6) is 5.75 Å². The molecule has 0 saturated carbocycles. The highest BCUT2D eigenvalue weighted by Gasteiger charge is 2.34. The molecular formula is C28H24BrN3O4. The van der Waals surface area contributed by atoms with Crippen LogP contribution in [0.3, 0.4) is 0 Å². The normalized spacial score (nSPS) is 13.8. The van der Waals surface area contributed by atoms with Gasteiger partial charge < -0.3 is 4.74 Å². The number of carbonyl (C=O) groups is 2. The van der Waals surface area contributed by atoms with Crippen molar-refractivity contribution in [2.24, 2.45) is 0 Å². The number of imide groups is 1. The van der Waals surface area contributed by atoms with Crippen LogP contribution in [0.15, 0.2) is 77.6 Å². The van der Waals surface area contributed by atoms with Gasteiger partial charge in [-0.15, -0.1) is 0 Å². The number of benzene rings is 3. The zero-order chi connectivity index (χ0) is 25.2. The lowest BCUT2D eigenvalue weighted by molar-refractivity contribution is 0.0651. The van der Waals surface area contributed by atoms with Gasteiger partial charge in [0.05, 0.1) is 39.2 Å². The minimum Gasteiger partial charge on any atom is -0.492 e. The van der Waals surface area contributed by atoms with Crippen LogP contribution in [-0.2, 0) is 0 Å². The number of fused-ring (bicyclic) bond motifs is 2. The van der Waals surface area contributed by atoms with E-state index < -0.39 is 0 Å². The Bertz CT molecular complexity index is 1500. The molecular weight excluding hydrogens is 522 g/mol. The first-order valence-corrected chi connectivity index (χ1v) is 12.8. The van der Waals surface area contributed by atoms with Gasteiger partial charge in [-0.25, -0.2) is 4.98 Å². The van der Waals surface area contributed by atoms with Gasteiger partial charge in [-0.3, -0.25) is 23.9 Å². The quantitative estimate of drug-likeness (QED) is 0.222. The highest BCUT2D eigenvalue weighted by atomic mass is 79.9. The van der Waals surface area contributed by atoms with Crippen LogP contribution in [0.4, 0.5) is 0 Å². The lowest BCUT2D eigenvalue weighted by Crippen LogP contribution is -2.31.